The van der Waals surface area contributed by atoms with Crippen LogP contribution in [0.4, 0.5) is 11.4 Å². The van der Waals surface area contributed by atoms with Crippen LogP contribution in [0.3, 0.4) is 0 Å². The standard InChI is InChI=1S/C16H27N3O6.H3NO2S/c17-5-7-22-9-11-24-13-14-25-12-10-23-8-6-18-15-3-1-2-4-16(15)19(20)21;1-4(2)3/h1-4,18H,5-14,17H2;1H2,(H,2,3)/p-1. The molecule has 0 aliphatic heterocycles. The molecule has 0 amide bonds. The van der Waals surface area contributed by atoms with Crippen molar-refractivity contribution in [2.75, 3.05) is 71.3 Å². The molecule has 0 bridgehead atoms. The Kier molecular flexibility index (Phi) is 18.4. The van der Waals surface area contributed by atoms with E-state index in [-0.39, 0.29) is 5.69 Å². The van der Waals surface area contributed by atoms with Gasteiger partial charge in [-0.1, -0.05) is 12.1 Å². The van der Waals surface area contributed by atoms with Crippen LogP contribution in [0.1, 0.15) is 0 Å². The largest absolute Gasteiger partial charge is 0.760 e. The Morgan fingerprint density at radius 3 is 1.86 bits per heavy atom. The molecule has 12 nitrogen and oxygen atoms in total. The highest BCUT2D eigenvalue weighted by Crippen LogP contribution is 2.22. The summed E-state index contributed by atoms with van der Waals surface area (Å²) in [4.78, 5) is 10.5. The van der Waals surface area contributed by atoms with Gasteiger partial charge < -0.3 is 34.6 Å². The Morgan fingerprint density at radius 2 is 1.38 bits per heavy atom. The van der Waals surface area contributed by atoms with E-state index in [1.165, 1.54) is 6.07 Å². The van der Waals surface area contributed by atoms with Crippen molar-refractivity contribution in [3.05, 3.63) is 34.4 Å². The number of hydrogen-bond donors (Lipinski definition) is 3. The number of benzene rings is 1. The van der Waals surface area contributed by atoms with E-state index < -0.39 is 16.2 Å². The van der Waals surface area contributed by atoms with Crippen LogP contribution in [0, 0.1) is 10.1 Å². The first-order valence-electron chi connectivity index (χ1n) is 8.81. The van der Waals surface area contributed by atoms with Gasteiger partial charge in [0.2, 0.25) is 0 Å². The van der Waals surface area contributed by atoms with Crippen LogP contribution in [-0.4, -0.2) is 79.6 Å². The third-order valence-corrected chi connectivity index (χ3v) is 3.04. The van der Waals surface area contributed by atoms with Gasteiger partial charge in [0.25, 0.3) is 5.69 Å². The Balaban J connectivity index is 0.00000178. The van der Waals surface area contributed by atoms with Gasteiger partial charge >= 0.3 is 0 Å². The van der Waals surface area contributed by atoms with E-state index in [1.807, 2.05) is 0 Å². The summed E-state index contributed by atoms with van der Waals surface area (Å²) in [7, 11) is 0. The van der Waals surface area contributed by atoms with E-state index in [9.17, 15) is 10.1 Å². The topological polar surface area (TPSA) is 184 Å². The zero-order valence-electron chi connectivity index (χ0n) is 16.2. The summed E-state index contributed by atoms with van der Waals surface area (Å²) in [5.74, 6) is 0. The van der Waals surface area contributed by atoms with E-state index in [0.29, 0.717) is 71.6 Å². The van der Waals surface area contributed by atoms with E-state index in [0.717, 1.165) is 0 Å². The number of nitrogens with zero attached hydrogens (tertiary/aromatic N) is 1. The molecule has 0 aliphatic rings. The van der Waals surface area contributed by atoms with E-state index in [2.05, 4.69) is 10.5 Å². The molecule has 168 valence electrons. The van der Waals surface area contributed by atoms with Crippen molar-refractivity contribution in [3.63, 3.8) is 0 Å². The van der Waals surface area contributed by atoms with Crippen LogP contribution >= 0.6 is 0 Å². The molecule has 29 heavy (non-hydrogen) atoms. The summed E-state index contributed by atoms with van der Waals surface area (Å²) in [5, 5.41) is 17.9. The smallest absolute Gasteiger partial charge is 0.292 e. The SMILES string of the molecule is NCCOCCOCCOCCOCCNc1ccccc1[N+](=O)[O-].NS(=O)[O-]. The fraction of sp³-hybridized carbons (Fsp3) is 0.625. The zero-order chi connectivity index (χ0) is 21.7. The molecule has 1 unspecified atom stereocenters. The van der Waals surface area contributed by atoms with Crippen LogP contribution in [0.2, 0.25) is 0 Å². The third kappa shape index (κ3) is 18.1. The Bertz CT molecular complexity index is 563. The lowest BCUT2D eigenvalue weighted by atomic mass is 10.2. The number of nitrogens with one attached hydrogen (secondary N) is 1. The maximum absolute atomic E-state index is 10.9. The second-order valence-corrected chi connectivity index (χ2v) is 5.72. The van der Waals surface area contributed by atoms with Gasteiger partial charge in [-0.05, 0) is 6.07 Å². The Morgan fingerprint density at radius 1 is 0.931 bits per heavy atom. The molecule has 1 aromatic rings. The summed E-state index contributed by atoms with van der Waals surface area (Å²) >= 11 is -2.36. The van der Waals surface area contributed by atoms with Crippen molar-refractivity contribution in [2.45, 2.75) is 0 Å². The van der Waals surface area contributed by atoms with Gasteiger partial charge in [-0.15, -0.1) is 0 Å². The molecule has 0 aromatic heterocycles. The van der Waals surface area contributed by atoms with Gasteiger partial charge in [-0.3, -0.25) is 19.5 Å². The molecule has 0 spiro atoms. The molecular weight excluding hydrogens is 408 g/mol. The predicted octanol–water partition coefficient (Wildman–Crippen LogP) is -0.229. The first-order valence-corrected chi connectivity index (χ1v) is 9.94. The minimum atomic E-state index is -2.36. The molecule has 0 aliphatic carbocycles. The first-order chi connectivity index (χ1) is 14.0. The maximum atomic E-state index is 10.9. The number of nitrogens with two attached hydrogens (primary N) is 2. The van der Waals surface area contributed by atoms with E-state index in [1.54, 1.807) is 18.2 Å². The molecule has 0 heterocycles. The number of ether oxygens (including phenoxy) is 4. The number of nitro benzene ring substituents is 1. The monoisotopic (exact) mass is 437 g/mol. The Hall–Kier alpha value is -1.71. The number of para-hydroxylation sites is 2. The molecule has 1 rings (SSSR count). The summed E-state index contributed by atoms with van der Waals surface area (Å²) in [6.45, 7) is 4.96. The maximum Gasteiger partial charge on any atom is 0.292 e. The van der Waals surface area contributed by atoms with E-state index in [4.69, 9.17) is 33.4 Å². The minimum absolute atomic E-state index is 0.0549. The zero-order valence-corrected chi connectivity index (χ0v) is 17.0. The number of anilines is 1. The first kappa shape index (κ1) is 27.3. The predicted molar refractivity (Wildman–Crippen MR) is 107 cm³/mol. The molecule has 0 saturated carbocycles. The lowest BCUT2D eigenvalue weighted by Gasteiger charge is -2.08. The van der Waals surface area contributed by atoms with E-state index >= 15 is 0 Å². The van der Waals surface area contributed by atoms with Gasteiger partial charge in [0.15, 0.2) is 0 Å². The number of rotatable bonds is 16. The van der Waals surface area contributed by atoms with Gasteiger partial charge in [0.05, 0.1) is 57.8 Å². The van der Waals surface area contributed by atoms with Gasteiger partial charge in [0, 0.05) is 30.4 Å². The molecular formula is C16H29N4O8S-. The second-order valence-electron chi connectivity index (χ2n) is 5.20. The van der Waals surface area contributed by atoms with Gasteiger partial charge in [-0.2, -0.15) is 0 Å². The van der Waals surface area contributed by atoms with Gasteiger partial charge in [-0.25, -0.2) is 0 Å². The van der Waals surface area contributed by atoms with Crippen LogP contribution in [0.25, 0.3) is 0 Å². The molecule has 0 fully saturated rings. The lowest BCUT2D eigenvalue weighted by Crippen LogP contribution is -2.15. The average Bonchev–Trinajstić information content (AvgIpc) is 2.68. The molecule has 5 N–H and O–H groups in total. The fourth-order valence-electron chi connectivity index (χ4n) is 1.89. The van der Waals surface area contributed by atoms with Crippen molar-refractivity contribution < 1.29 is 32.6 Å². The number of nitro groups is 1. The van der Waals surface area contributed by atoms with Crippen LogP contribution < -0.4 is 16.2 Å². The molecule has 0 radical (unpaired) electrons. The molecule has 0 saturated heterocycles. The summed E-state index contributed by atoms with van der Waals surface area (Å²) in [6.07, 6.45) is 0. The molecule has 1 atom stereocenters. The fourth-order valence-corrected chi connectivity index (χ4v) is 1.89. The molecule has 1 aromatic carbocycles. The van der Waals surface area contributed by atoms with Crippen LogP contribution in [-0.2, 0) is 30.2 Å². The third-order valence-electron chi connectivity index (χ3n) is 3.04. The minimum Gasteiger partial charge on any atom is -0.760 e. The highest BCUT2D eigenvalue weighted by Gasteiger charge is 2.10. The normalized spacial score (nSPS) is 11.4. The van der Waals surface area contributed by atoms with Crippen LogP contribution in [0.15, 0.2) is 24.3 Å². The second kappa shape index (κ2) is 19.6. The summed E-state index contributed by atoms with van der Waals surface area (Å²) in [5.41, 5.74) is 5.83. The van der Waals surface area contributed by atoms with Gasteiger partial charge in [0.1, 0.15) is 5.69 Å². The summed E-state index contributed by atoms with van der Waals surface area (Å²) in [6, 6.07) is 6.51. The average molecular weight is 437 g/mol. The van der Waals surface area contributed by atoms with Crippen molar-refractivity contribution in [3.8, 4) is 0 Å². The summed E-state index contributed by atoms with van der Waals surface area (Å²) < 4.78 is 38.8. The van der Waals surface area contributed by atoms with Crippen molar-refractivity contribution >= 4 is 22.6 Å². The van der Waals surface area contributed by atoms with Crippen LogP contribution in [0.5, 0.6) is 0 Å². The highest BCUT2D eigenvalue weighted by molar-refractivity contribution is 7.76. The quantitative estimate of drug-likeness (QED) is 0.135. The number of hydrogen-bond acceptors (Lipinski definition) is 10. The van der Waals surface area contributed by atoms with Crippen molar-refractivity contribution in [1.82, 2.24) is 0 Å². The highest BCUT2D eigenvalue weighted by atomic mass is 32.2. The lowest BCUT2D eigenvalue weighted by molar-refractivity contribution is -0.384. The van der Waals surface area contributed by atoms with Crippen molar-refractivity contribution in [1.29, 1.82) is 0 Å². The Labute approximate surface area is 172 Å². The van der Waals surface area contributed by atoms with Crippen molar-refractivity contribution in [2.24, 2.45) is 10.9 Å². The molecule has 13 heteroatoms.